The summed E-state index contributed by atoms with van der Waals surface area (Å²) >= 11 is 7.64. The first-order chi connectivity index (χ1) is 9.08. The van der Waals surface area contributed by atoms with Gasteiger partial charge in [-0.05, 0) is 26.0 Å². The van der Waals surface area contributed by atoms with E-state index >= 15 is 0 Å². The minimum Gasteiger partial charge on any atom is -0.352 e. The van der Waals surface area contributed by atoms with Gasteiger partial charge in [-0.1, -0.05) is 23.7 Å². The van der Waals surface area contributed by atoms with Crippen LogP contribution in [0.5, 0.6) is 0 Å². The maximum Gasteiger partial charge on any atom is 0.252 e. The number of hydrogen-bond donors (Lipinski definition) is 1. The zero-order chi connectivity index (χ0) is 13.8. The van der Waals surface area contributed by atoms with Crippen molar-refractivity contribution in [3.8, 4) is 0 Å². The summed E-state index contributed by atoms with van der Waals surface area (Å²) in [5.41, 5.74) is 1.58. The van der Waals surface area contributed by atoms with E-state index in [-0.39, 0.29) is 5.91 Å². The average molecular weight is 295 g/mol. The van der Waals surface area contributed by atoms with E-state index in [4.69, 9.17) is 11.6 Å². The first-order valence-electron chi connectivity index (χ1n) is 6.03. The fourth-order valence-corrected chi connectivity index (χ4v) is 2.82. The van der Waals surface area contributed by atoms with Crippen LogP contribution in [0.4, 0.5) is 0 Å². The van der Waals surface area contributed by atoms with Crippen LogP contribution in [0.2, 0.25) is 5.02 Å². The number of amides is 1. The first-order valence-corrected chi connectivity index (χ1v) is 7.23. The van der Waals surface area contributed by atoms with Gasteiger partial charge in [-0.3, -0.25) is 4.79 Å². The molecule has 0 aliphatic carbocycles. The van der Waals surface area contributed by atoms with Crippen LogP contribution in [0.25, 0.3) is 0 Å². The molecule has 100 valence electrons. The Kier molecular flexibility index (Phi) is 4.56. The fraction of sp³-hybridized carbons (Fsp3) is 0.286. The summed E-state index contributed by atoms with van der Waals surface area (Å²) in [7, 11) is 0. The largest absolute Gasteiger partial charge is 0.352 e. The molecule has 0 saturated heterocycles. The van der Waals surface area contributed by atoms with Crippen molar-refractivity contribution in [2.24, 2.45) is 0 Å². The molecule has 2 rings (SSSR count). The second-order valence-electron chi connectivity index (χ2n) is 4.23. The van der Waals surface area contributed by atoms with Gasteiger partial charge in [-0.25, -0.2) is 4.98 Å². The molecule has 5 heteroatoms. The quantitative estimate of drug-likeness (QED) is 0.939. The molecule has 0 aliphatic heterocycles. The van der Waals surface area contributed by atoms with Gasteiger partial charge in [-0.15, -0.1) is 11.3 Å². The number of aromatic nitrogens is 1. The third-order valence-corrected chi connectivity index (χ3v) is 4.28. The van der Waals surface area contributed by atoms with Crippen LogP contribution in [0.15, 0.2) is 24.3 Å². The average Bonchev–Trinajstić information content (AvgIpc) is 2.69. The highest BCUT2D eigenvalue weighted by atomic mass is 35.5. The van der Waals surface area contributed by atoms with E-state index in [0.29, 0.717) is 17.1 Å². The topological polar surface area (TPSA) is 42.0 Å². The SMILES string of the molecule is Cc1nc(CCNC(=O)c2ccccc2Cl)sc1C. The molecule has 0 spiro atoms. The smallest absolute Gasteiger partial charge is 0.252 e. The summed E-state index contributed by atoms with van der Waals surface area (Å²) in [6.45, 7) is 4.62. The van der Waals surface area contributed by atoms with E-state index in [1.165, 1.54) is 4.88 Å². The van der Waals surface area contributed by atoms with E-state index in [9.17, 15) is 4.79 Å². The van der Waals surface area contributed by atoms with Gasteiger partial charge in [0, 0.05) is 17.8 Å². The van der Waals surface area contributed by atoms with E-state index in [1.807, 2.05) is 6.92 Å². The molecule has 19 heavy (non-hydrogen) atoms. The highest BCUT2D eigenvalue weighted by Gasteiger charge is 2.09. The maximum atomic E-state index is 11.9. The van der Waals surface area contributed by atoms with Gasteiger partial charge in [0.2, 0.25) is 0 Å². The Morgan fingerprint density at radius 3 is 2.74 bits per heavy atom. The number of hydrogen-bond acceptors (Lipinski definition) is 3. The van der Waals surface area contributed by atoms with E-state index < -0.39 is 0 Å². The van der Waals surface area contributed by atoms with Crippen LogP contribution in [-0.4, -0.2) is 17.4 Å². The lowest BCUT2D eigenvalue weighted by molar-refractivity contribution is 0.0954. The number of carbonyl (C=O) groups excluding carboxylic acids is 1. The standard InChI is InChI=1S/C14H15ClN2OS/c1-9-10(2)19-13(17-9)7-8-16-14(18)11-5-3-4-6-12(11)15/h3-6H,7-8H2,1-2H3,(H,16,18). The molecule has 1 aromatic heterocycles. The lowest BCUT2D eigenvalue weighted by atomic mass is 10.2. The molecule has 0 atom stereocenters. The van der Waals surface area contributed by atoms with Crippen molar-refractivity contribution in [2.75, 3.05) is 6.54 Å². The molecule has 0 unspecified atom stereocenters. The van der Waals surface area contributed by atoms with E-state index in [0.717, 1.165) is 17.1 Å². The number of benzene rings is 1. The summed E-state index contributed by atoms with van der Waals surface area (Å²) in [4.78, 5) is 17.6. The Morgan fingerprint density at radius 2 is 2.11 bits per heavy atom. The Balaban J connectivity index is 1.89. The van der Waals surface area contributed by atoms with Gasteiger partial charge < -0.3 is 5.32 Å². The summed E-state index contributed by atoms with van der Waals surface area (Å²) < 4.78 is 0. The third-order valence-electron chi connectivity index (χ3n) is 2.82. The molecule has 0 saturated carbocycles. The van der Waals surface area contributed by atoms with Crippen molar-refractivity contribution in [2.45, 2.75) is 20.3 Å². The van der Waals surface area contributed by atoms with Crippen LogP contribution in [-0.2, 0) is 6.42 Å². The van der Waals surface area contributed by atoms with Gasteiger partial charge in [-0.2, -0.15) is 0 Å². The molecule has 1 N–H and O–H groups in total. The second-order valence-corrected chi connectivity index (χ2v) is 5.93. The Morgan fingerprint density at radius 1 is 1.37 bits per heavy atom. The van der Waals surface area contributed by atoms with Gasteiger partial charge in [0.05, 0.1) is 21.3 Å². The molecular weight excluding hydrogens is 280 g/mol. The number of nitrogens with zero attached hydrogens (tertiary/aromatic N) is 1. The molecular formula is C14H15ClN2OS. The number of aryl methyl sites for hydroxylation is 2. The Hall–Kier alpha value is -1.39. The van der Waals surface area contributed by atoms with E-state index in [2.05, 4.69) is 17.2 Å². The summed E-state index contributed by atoms with van der Waals surface area (Å²) in [6.07, 6.45) is 0.746. The zero-order valence-corrected chi connectivity index (χ0v) is 12.4. The van der Waals surface area contributed by atoms with Crippen molar-refractivity contribution in [3.05, 3.63) is 50.4 Å². The highest BCUT2D eigenvalue weighted by molar-refractivity contribution is 7.11. The van der Waals surface area contributed by atoms with Crippen molar-refractivity contribution >= 4 is 28.8 Å². The van der Waals surface area contributed by atoms with E-state index in [1.54, 1.807) is 35.6 Å². The molecule has 3 nitrogen and oxygen atoms in total. The number of rotatable bonds is 4. The van der Waals surface area contributed by atoms with Crippen LogP contribution in [0, 0.1) is 13.8 Å². The predicted molar refractivity (Wildman–Crippen MR) is 79.1 cm³/mol. The molecule has 0 radical (unpaired) electrons. The van der Waals surface area contributed by atoms with Crippen LogP contribution in [0.1, 0.15) is 25.9 Å². The normalized spacial score (nSPS) is 10.5. The van der Waals surface area contributed by atoms with Gasteiger partial charge in [0.1, 0.15) is 0 Å². The molecule has 1 aromatic carbocycles. The maximum absolute atomic E-state index is 11.9. The number of carbonyl (C=O) groups is 1. The molecule has 1 heterocycles. The lowest BCUT2D eigenvalue weighted by Crippen LogP contribution is -2.25. The molecule has 0 aliphatic rings. The summed E-state index contributed by atoms with van der Waals surface area (Å²) in [6, 6.07) is 7.04. The number of thiazole rings is 1. The lowest BCUT2D eigenvalue weighted by Gasteiger charge is -2.05. The zero-order valence-electron chi connectivity index (χ0n) is 10.9. The molecule has 0 bridgehead atoms. The number of halogens is 1. The predicted octanol–water partition coefficient (Wildman–Crippen LogP) is 3.39. The first kappa shape index (κ1) is 14.0. The Labute approximate surface area is 121 Å². The van der Waals surface area contributed by atoms with Crippen molar-refractivity contribution in [1.82, 2.24) is 10.3 Å². The van der Waals surface area contributed by atoms with Crippen LogP contribution < -0.4 is 5.32 Å². The minimum absolute atomic E-state index is 0.143. The molecule has 1 amide bonds. The van der Waals surface area contributed by atoms with Gasteiger partial charge in [0.15, 0.2) is 0 Å². The summed E-state index contributed by atoms with van der Waals surface area (Å²) in [5.74, 6) is -0.143. The van der Waals surface area contributed by atoms with Crippen LogP contribution >= 0.6 is 22.9 Å². The highest BCUT2D eigenvalue weighted by Crippen LogP contribution is 2.17. The third kappa shape index (κ3) is 3.55. The van der Waals surface area contributed by atoms with Crippen LogP contribution in [0.3, 0.4) is 0 Å². The molecule has 2 aromatic rings. The monoisotopic (exact) mass is 294 g/mol. The second kappa shape index (κ2) is 6.17. The van der Waals surface area contributed by atoms with Crippen molar-refractivity contribution in [1.29, 1.82) is 0 Å². The van der Waals surface area contributed by atoms with Gasteiger partial charge in [0.25, 0.3) is 5.91 Å². The summed E-state index contributed by atoms with van der Waals surface area (Å²) in [5, 5.41) is 4.38. The van der Waals surface area contributed by atoms with Crippen molar-refractivity contribution in [3.63, 3.8) is 0 Å². The number of nitrogens with one attached hydrogen (secondary N) is 1. The molecule has 0 fully saturated rings. The van der Waals surface area contributed by atoms with Gasteiger partial charge >= 0.3 is 0 Å². The minimum atomic E-state index is -0.143. The fourth-order valence-electron chi connectivity index (χ4n) is 1.67. The Bertz CT molecular complexity index is 575. The van der Waals surface area contributed by atoms with Crippen molar-refractivity contribution < 1.29 is 4.79 Å².